The molecule has 6 nitrogen and oxygen atoms in total. The molecule has 1 amide bonds. The van der Waals surface area contributed by atoms with Crippen LogP contribution < -0.4 is 5.32 Å². The monoisotopic (exact) mass is 314 g/mol. The Bertz CT molecular complexity index is 591. The van der Waals surface area contributed by atoms with Gasteiger partial charge in [0.25, 0.3) is 0 Å². The van der Waals surface area contributed by atoms with E-state index < -0.39 is 5.60 Å². The number of hydrogen-bond donors (Lipinski definition) is 2. The summed E-state index contributed by atoms with van der Waals surface area (Å²) in [4.78, 5) is 14.3. The number of hydrogen-bond acceptors (Lipinski definition) is 4. The summed E-state index contributed by atoms with van der Waals surface area (Å²) in [6, 6.07) is 4.77. The van der Waals surface area contributed by atoms with Crippen LogP contribution in [0, 0.1) is 0 Å². The van der Waals surface area contributed by atoms with Crippen LogP contribution in [0.1, 0.15) is 5.56 Å². The topological polar surface area (TPSA) is 80.0 Å². The van der Waals surface area contributed by atoms with Gasteiger partial charge in [-0.2, -0.15) is 5.10 Å². The normalized spacial score (nSPS) is 13.8. The highest BCUT2D eigenvalue weighted by atomic mass is 35.5. The van der Waals surface area contributed by atoms with Gasteiger partial charge in [-0.25, -0.2) is 9.67 Å². The third kappa shape index (κ3) is 3.27. The Morgan fingerprint density at radius 2 is 2.25 bits per heavy atom. The summed E-state index contributed by atoms with van der Waals surface area (Å²) >= 11 is 12.0. The van der Waals surface area contributed by atoms with Crippen LogP contribution in [-0.2, 0) is 16.9 Å². The lowest BCUT2D eigenvalue weighted by atomic mass is 9.93. The van der Waals surface area contributed by atoms with Gasteiger partial charge in [0.2, 0.25) is 6.41 Å². The molecular formula is C12H12Cl2N4O2. The minimum absolute atomic E-state index is 0.0162. The van der Waals surface area contributed by atoms with Crippen LogP contribution in [0.3, 0.4) is 0 Å². The van der Waals surface area contributed by atoms with Crippen LogP contribution in [0.5, 0.6) is 0 Å². The fraction of sp³-hybridized carbons (Fsp3) is 0.250. The van der Waals surface area contributed by atoms with Gasteiger partial charge in [0.15, 0.2) is 0 Å². The lowest BCUT2D eigenvalue weighted by molar-refractivity contribution is -0.111. The molecule has 0 radical (unpaired) electrons. The first kappa shape index (κ1) is 14.8. The highest BCUT2D eigenvalue weighted by molar-refractivity contribution is 6.35. The average Bonchev–Trinajstić information content (AvgIpc) is 2.88. The molecule has 1 aromatic heterocycles. The second-order valence-corrected chi connectivity index (χ2v) is 5.09. The Hall–Kier alpha value is -1.63. The van der Waals surface area contributed by atoms with Gasteiger partial charge in [-0.3, -0.25) is 4.79 Å². The van der Waals surface area contributed by atoms with Gasteiger partial charge in [0, 0.05) is 15.6 Å². The second-order valence-electron chi connectivity index (χ2n) is 4.25. The van der Waals surface area contributed by atoms with Crippen molar-refractivity contribution in [2.45, 2.75) is 12.1 Å². The van der Waals surface area contributed by atoms with Crippen molar-refractivity contribution in [3.63, 3.8) is 0 Å². The van der Waals surface area contributed by atoms with Crippen LogP contribution >= 0.6 is 23.2 Å². The largest absolute Gasteiger partial charge is 0.381 e. The number of rotatable bonds is 6. The van der Waals surface area contributed by atoms with Crippen LogP contribution in [0.25, 0.3) is 0 Å². The zero-order valence-corrected chi connectivity index (χ0v) is 11.8. The van der Waals surface area contributed by atoms with E-state index in [0.717, 1.165) is 0 Å². The molecule has 2 aromatic rings. The third-order valence-corrected chi connectivity index (χ3v) is 3.35. The van der Waals surface area contributed by atoms with Gasteiger partial charge in [-0.1, -0.05) is 29.3 Å². The molecule has 2 N–H and O–H groups in total. The van der Waals surface area contributed by atoms with E-state index in [2.05, 4.69) is 15.4 Å². The quantitative estimate of drug-likeness (QED) is 0.786. The number of aliphatic hydroxyl groups is 1. The summed E-state index contributed by atoms with van der Waals surface area (Å²) in [6.07, 6.45) is 3.34. The van der Waals surface area contributed by atoms with Gasteiger partial charge in [0.1, 0.15) is 18.3 Å². The van der Waals surface area contributed by atoms with Gasteiger partial charge in [-0.05, 0) is 12.1 Å². The fourth-order valence-corrected chi connectivity index (χ4v) is 2.48. The number of carbonyl (C=O) groups excluding carboxylic acids is 1. The predicted molar refractivity (Wildman–Crippen MR) is 74.4 cm³/mol. The van der Waals surface area contributed by atoms with Crippen molar-refractivity contribution in [2.75, 3.05) is 6.54 Å². The van der Waals surface area contributed by atoms with E-state index in [-0.39, 0.29) is 13.1 Å². The Morgan fingerprint density at radius 1 is 1.45 bits per heavy atom. The summed E-state index contributed by atoms with van der Waals surface area (Å²) in [7, 11) is 0. The van der Waals surface area contributed by atoms with Crippen molar-refractivity contribution in [2.24, 2.45) is 0 Å². The molecule has 0 aliphatic carbocycles. The molecule has 0 bridgehead atoms. The maximum absolute atomic E-state index is 10.8. The van der Waals surface area contributed by atoms with Crippen LogP contribution in [0.2, 0.25) is 10.0 Å². The van der Waals surface area contributed by atoms with E-state index in [4.69, 9.17) is 23.2 Å². The van der Waals surface area contributed by atoms with Crippen molar-refractivity contribution in [1.82, 2.24) is 20.1 Å². The first-order valence-corrected chi connectivity index (χ1v) is 6.48. The predicted octanol–water partition coefficient (Wildman–Crippen LogP) is 1.22. The molecule has 0 aliphatic rings. The molecule has 20 heavy (non-hydrogen) atoms. The van der Waals surface area contributed by atoms with Crippen LogP contribution in [-0.4, -0.2) is 32.8 Å². The molecule has 0 aliphatic heterocycles. The maximum Gasteiger partial charge on any atom is 0.207 e. The average molecular weight is 315 g/mol. The Kier molecular flexibility index (Phi) is 4.59. The first-order chi connectivity index (χ1) is 9.55. The van der Waals surface area contributed by atoms with E-state index in [9.17, 15) is 9.90 Å². The lowest BCUT2D eigenvalue weighted by Gasteiger charge is -2.29. The highest BCUT2D eigenvalue weighted by Crippen LogP contribution is 2.31. The Balaban J connectivity index is 2.36. The highest BCUT2D eigenvalue weighted by Gasteiger charge is 2.32. The molecule has 0 saturated heterocycles. The summed E-state index contributed by atoms with van der Waals surface area (Å²) in [6.45, 7) is 0.0763. The molecule has 1 aromatic carbocycles. The minimum atomic E-state index is -1.42. The summed E-state index contributed by atoms with van der Waals surface area (Å²) < 4.78 is 1.46. The number of benzene rings is 1. The molecule has 1 heterocycles. The fourth-order valence-electron chi connectivity index (χ4n) is 1.90. The minimum Gasteiger partial charge on any atom is -0.381 e. The SMILES string of the molecule is O=CNCC(O)(Cn1cncn1)c1ccc(Cl)cc1Cl. The summed E-state index contributed by atoms with van der Waals surface area (Å²) in [5.41, 5.74) is -0.968. The zero-order valence-electron chi connectivity index (χ0n) is 10.3. The van der Waals surface area contributed by atoms with Gasteiger partial charge in [0.05, 0.1) is 13.1 Å². The number of carbonyl (C=O) groups is 1. The van der Waals surface area contributed by atoms with E-state index in [0.29, 0.717) is 22.0 Å². The van der Waals surface area contributed by atoms with Crippen molar-refractivity contribution in [3.05, 3.63) is 46.5 Å². The van der Waals surface area contributed by atoms with Crippen molar-refractivity contribution < 1.29 is 9.90 Å². The summed E-state index contributed by atoms with van der Waals surface area (Å²) in [5, 5.41) is 18.0. The number of amides is 1. The van der Waals surface area contributed by atoms with E-state index in [1.807, 2.05) is 0 Å². The van der Waals surface area contributed by atoms with Gasteiger partial charge >= 0.3 is 0 Å². The number of nitrogens with one attached hydrogen (secondary N) is 1. The maximum atomic E-state index is 10.8. The van der Waals surface area contributed by atoms with Crippen molar-refractivity contribution >= 4 is 29.6 Å². The Morgan fingerprint density at radius 3 is 2.85 bits per heavy atom. The van der Waals surface area contributed by atoms with E-state index in [1.54, 1.807) is 12.1 Å². The van der Waals surface area contributed by atoms with Crippen molar-refractivity contribution in [3.8, 4) is 0 Å². The van der Waals surface area contributed by atoms with Gasteiger partial charge < -0.3 is 10.4 Å². The number of halogens is 2. The Labute approximate surface area is 125 Å². The smallest absolute Gasteiger partial charge is 0.207 e. The first-order valence-electron chi connectivity index (χ1n) is 5.72. The summed E-state index contributed by atoms with van der Waals surface area (Å²) in [5.74, 6) is 0. The molecule has 0 spiro atoms. The molecule has 8 heteroatoms. The molecule has 106 valence electrons. The molecule has 0 fully saturated rings. The molecule has 1 unspecified atom stereocenters. The number of nitrogens with zero attached hydrogens (tertiary/aromatic N) is 3. The van der Waals surface area contributed by atoms with Gasteiger partial charge in [-0.15, -0.1) is 0 Å². The number of aromatic nitrogens is 3. The van der Waals surface area contributed by atoms with Crippen LogP contribution in [0.4, 0.5) is 0 Å². The molecular weight excluding hydrogens is 303 g/mol. The van der Waals surface area contributed by atoms with E-state index >= 15 is 0 Å². The molecule has 2 rings (SSSR count). The lowest BCUT2D eigenvalue weighted by Crippen LogP contribution is -2.41. The van der Waals surface area contributed by atoms with Crippen molar-refractivity contribution in [1.29, 1.82) is 0 Å². The van der Waals surface area contributed by atoms with Crippen LogP contribution in [0.15, 0.2) is 30.9 Å². The third-order valence-electron chi connectivity index (χ3n) is 2.80. The second kappa shape index (κ2) is 6.21. The van der Waals surface area contributed by atoms with E-state index in [1.165, 1.54) is 23.4 Å². The molecule has 1 atom stereocenters. The zero-order chi connectivity index (χ0) is 14.6. The molecule has 0 saturated carbocycles. The standard InChI is InChI=1S/C12H12Cl2N4O2/c13-9-1-2-10(11(14)3-9)12(20,4-15-8-19)5-18-7-16-6-17-18/h1-3,6-8,20H,4-5H2,(H,15,19).